The molecule has 1 aromatic heterocycles. The van der Waals surface area contributed by atoms with Crippen LogP contribution >= 0.6 is 0 Å². The maximum atomic E-state index is 13.3. The molecule has 1 atom stereocenters. The Morgan fingerprint density at radius 2 is 1.83 bits per heavy atom. The van der Waals surface area contributed by atoms with Gasteiger partial charge in [0.05, 0.1) is 23.8 Å². The van der Waals surface area contributed by atoms with Crippen molar-refractivity contribution in [3.8, 4) is 5.75 Å². The molecule has 0 fully saturated rings. The van der Waals surface area contributed by atoms with E-state index in [2.05, 4.69) is 10.3 Å². The number of nitrogens with zero attached hydrogens (tertiary/aromatic N) is 3. The zero-order valence-corrected chi connectivity index (χ0v) is 17.4. The summed E-state index contributed by atoms with van der Waals surface area (Å²) in [6.45, 7) is 3.18. The molecule has 0 saturated carbocycles. The molecule has 0 aliphatic rings. The number of aromatic nitrogens is 2. The van der Waals surface area contributed by atoms with Crippen molar-refractivity contribution >= 4 is 34.4 Å². The molecule has 1 heterocycles. The van der Waals surface area contributed by atoms with E-state index in [0.29, 0.717) is 28.9 Å². The van der Waals surface area contributed by atoms with Crippen LogP contribution in [0.25, 0.3) is 11.0 Å². The summed E-state index contributed by atoms with van der Waals surface area (Å²) in [6, 6.07) is 13.3. The van der Waals surface area contributed by atoms with Crippen LogP contribution in [0, 0.1) is 0 Å². The molecular formula is C22H24N4O4. The summed E-state index contributed by atoms with van der Waals surface area (Å²) < 4.78 is 6.70. The van der Waals surface area contributed by atoms with E-state index in [1.54, 1.807) is 48.5 Å². The van der Waals surface area contributed by atoms with Crippen LogP contribution in [0.1, 0.15) is 26.3 Å². The second kappa shape index (κ2) is 8.77. The fourth-order valence-corrected chi connectivity index (χ4v) is 3.27. The highest BCUT2D eigenvalue weighted by Crippen LogP contribution is 2.26. The van der Waals surface area contributed by atoms with E-state index in [9.17, 15) is 14.4 Å². The number of fused-ring (bicyclic) bond motifs is 1. The molecule has 1 N–H and O–H groups in total. The van der Waals surface area contributed by atoms with E-state index < -0.39 is 11.6 Å². The lowest BCUT2D eigenvalue weighted by Crippen LogP contribution is -2.38. The Kier molecular flexibility index (Phi) is 6.15. The fraction of sp³-hybridized carbons (Fsp3) is 0.273. The van der Waals surface area contributed by atoms with Gasteiger partial charge in [-0.3, -0.25) is 23.9 Å². The second-order valence-electron chi connectivity index (χ2n) is 6.79. The van der Waals surface area contributed by atoms with Gasteiger partial charge < -0.3 is 10.1 Å². The van der Waals surface area contributed by atoms with E-state index in [1.807, 2.05) is 6.92 Å². The van der Waals surface area contributed by atoms with Gasteiger partial charge in [0.1, 0.15) is 11.8 Å². The van der Waals surface area contributed by atoms with Crippen molar-refractivity contribution in [1.29, 1.82) is 0 Å². The first kappa shape index (κ1) is 21.0. The summed E-state index contributed by atoms with van der Waals surface area (Å²) in [4.78, 5) is 43.9. The predicted molar refractivity (Wildman–Crippen MR) is 116 cm³/mol. The average molecular weight is 408 g/mol. The zero-order valence-electron chi connectivity index (χ0n) is 17.4. The number of rotatable bonds is 6. The summed E-state index contributed by atoms with van der Waals surface area (Å²) in [7, 11) is 3.01. The number of carbonyl (C=O) groups is 2. The molecule has 0 aliphatic heterocycles. The lowest BCUT2D eigenvalue weighted by atomic mass is 10.1. The third kappa shape index (κ3) is 3.89. The number of para-hydroxylation sites is 4. The number of hydrogen-bond acceptors (Lipinski definition) is 5. The smallest absolute Gasteiger partial charge is 0.295 e. The normalized spacial score (nSPS) is 11.7. The van der Waals surface area contributed by atoms with Gasteiger partial charge in [0.2, 0.25) is 17.6 Å². The van der Waals surface area contributed by atoms with E-state index in [1.165, 1.54) is 30.5 Å². The first-order chi connectivity index (χ1) is 14.4. The molecule has 1 unspecified atom stereocenters. The Morgan fingerprint density at radius 1 is 1.17 bits per heavy atom. The molecule has 2 aromatic carbocycles. The second-order valence-corrected chi connectivity index (χ2v) is 6.79. The quantitative estimate of drug-likeness (QED) is 0.677. The van der Waals surface area contributed by atoms with Crippen LogP contribution in [0.15, 0.2) is 53.3 Å². The van der Waals surface area contributed by atoms with E-state index in [-0.39, 0.29) is 17.6 Å². The minimum atomic E-state index is -0.811. The van der Waals surface area contributed by atoms with E-state index in [0.717, 1.165) is 0 Å². The Bertz CT molecular complexity index is 1160. The molecule has 156 valence electrons. The molecular weight excluding hydrogens is 384 g/mol. The number of carbonyl (C=O) groups excluding carboxylic acids is 2. The highest BCUT2D eigenvalue weighted by molar-refractivity contribution is 5.96. The molecule has 0 aliphatic carbocycles. The number of nitrogens with one attached hydrogen (secondary N) is 1. The number of anilines is 2. The van der Waals surface area contributed by atoms with Gasteiger partial charge in [0.15, 0.2) is 0 Å². The summed E-state index contributed by atoms with van der Waals surface area (Å²) in [5.41, 5.74) is 1.04. The molecule has 30 heavy (non-hydrogen) atoms. The van der Waals surface area contributed by atoms with Crippen LogP contribution in [-0.4, -0.2) is 35.5 Å². The van der Waals surface area contributed by atoms with Crippen LogP contribution in [0.4, 0.5) is 11.5 Å². The van der Waals surface area contributed by atoms with Crippen LogP contribution in [0.3, 0.4) is 0 Å². The van der Waals surface area contributed by atoms with E-state index in [4.69, 9.17) is 4.74 Å². The number of methoxy groups -OCH3 is 1. The predicted octanol–water partition coefficient (Wildman–Crippen LogP) is 2.98. The van der Waals surface area contributed by atoms with Crippen LogP contribution in [-0.2, 0) is 9.59 Å². The Balaban J connectivity index is 2.14. The average Bonchev–Trinajstić information content (AvgIpc) is 2.75. The first-order valence-electron chi connectivity index (χ1n) is 9.58. The van der Waals surface area contributed by atoms with Gasteiger partial charge in [0, 0.05) is 14.0 Å². The fourth-order valence-electron chi connectivity index (χ4n) is 3.27. The van der Waals surface area contributed by atoms with Crippen molar-refractivity contribution in [2.75, 3.05) is 24.4 Å². The molecule has 8 heteroatoms. The summed E-state index contributed by atoms with van der Waals surface area (Å²) >= 11 is 0. The molecule has 8 nitrogen and oxygen atoms in total. The molecule has 0 radical (unpaired) electrons. The van der Waals surface area contributed by atoms with Crippen LogP contribution < -0.4 is 20.5 Å². The van der Waals surface area contributed by atoms with Gasteiger partial charge in [-0.2, -0.15) is 0 Å². The van der Waals surface area contributed by atoms with Crippen molar-refractivity contribution in [2.24, 2.45) is 0 Å². The topological polar surface area (TPSA) is 93.5 Å². The van der Waals surface area contributed by atoms with Crippen molar-refractivity contribution in [3.05, 3.63) is 58.9 Å². The molecule has 0 bridgehead atoms. The maximum Gasteiger partial charge on any atom is 0.295 e. The van der Waals surface area contributed by atoms with Gasteiger partial charge in [-0.15, -0.1) is 0 Å². The first-order valence-corrected chi connectivity index (χ1v) is 9.58. The summed E-state index contributed by atoms with van der Waals surface area (Å²) in [5, 5.41) is 2.85. The van der Waals surface area contributed by atoms with Crippen LogP contribution in [0.5, 0.6) is 5.75 Å². The SMILES string of the molecule is CCC(C(=O)Nc1ccccc1OC)n1c(=O)c(N(C)C(C)=O)nc2ccccc21. The van der Waals surface area contributed by atoms with Gasteiger partial charge in [-0.1, -0.05) is 31.2 Å². The van der Waals surface area contributed by atoms with Crippen LogP contribution in [0.2, 0.25) is 0 Å². The minimum absolute atomic E-state index is 0.0234. The monoisotopic (exact) mass is 408 g/mol. The molecule has 3 aromatic rings. The molecule has 3 rings (SSSR count). The van der Waals surface area contributed by atoms with Crippen molar-refractivity contribution < 1.29 is 14.3 Å². The van der Waals surface area contributed by atoms with Crippen molar-refractivity contribution in [2.45, 2.75) is 26.3 Å². The van der Waals surface area contributed by atoms with Crippen molar-refractivity contribution in [1.82, 2.24) is 9.55 Å². The molecule has 0 saturated heterocycles. The Morgan fingerprint density at radius 3 is 2.50 bits per heavy atom. The maximum absolute atomic E-state index is 13.3. The Hall–Kier alpha value is -3.68. The molecule has 0 spiro atoms. The van der Waals surface area contributed by atoms with Gasteiger partial charge in [0.25, 0.3) is 5.56 Å². The third-order valence-electron chi connectivity index (χ3n) is 4.93. The molecule has 2 amide bonds. The van der Waals surface area contributed by atoms with Crippen molar-refractivity contribution in [3.63, 3.8) is 0 Å². The standard InChI is InChI=1S/C22H24N4O4/c1-5-17(21(28)24-16-11-7-9-13-19(16)30-4)26-18-12-8-6-10-15(18)23-20(22(26)29)25(3)14(2)27/h6-13,17H,5H2,1-4H3,(H,24,28). The van der Waals surface area contributed by atoms with E-state index >= 15 is 0 Å². The summed E-state index contributed by atoms with van der Waals surface area (Å²) in [6.07, 6.45) is 0.359. The highest BCUT2D eigenvalue weighted by atomic mass is 16.5. The lowest BCUT2D eigenvalue weighted by molar-refractivity contribution is -0.119. The number of amides is 2. The highest BCUT2D eigenvalue weighted by Gasteiger charge is 2.26. The third-order valence-corrected chi connectivity index (χ3v) is 4.93. The van der Waals surface area contributed by atoms with Gasteiger partial charge >= 0.3 is 0 Å². The van der Waals surface area contributed by atoms with Gasteiger partial charge in [-0.05, 0) is 30.7 Å². The minimum Gasteiger partial charge on any atom is -0.495 e. The Labute approximate surface area is 174 Å². The number of ether oxygens (including phenoxy) is 1. The number of benzene rings is 2. The largest absolute Gasteiger partial charge is 0.495 e. The number of hydrogen-bond donors (Lipinski definition) is 1. The summed E-state index contributed by atoms with van der Waals surface area (Å²) in [5.74, 6) is -0.195. The van der Waals surface area contributed by atoms with Gasteiger partial charge in [-0.25, -0.2) is 4.98 Å². The zero-order chi connectivity index (χ0) is 21.8. The lowest BCUT2D eigenvalue weighted by Gasteiger charge is -2.23.